The van der Waals surface area contributed by atoms with E-state index < -0.39 is 4.92 Å². The van der Waals surface area contributed by atoms with Gasteiger partial charge in [-0.05, 0) is 24.3 Å². The number of carbonyl (C=O) groups excluding carboxylic acids is 1. The molecule has 0 atom stereocenters. The molecule has 0 spiro atoms. The molecule has 124 valence electrons. The van der Waals surface area contributed by atoms with Gasteiger partial charge in [0.05, 0.1) is 12.0 Å². The number of nitrogens with zero attached hydrogens (tertiary/aromatic N) is 3. The maximum Gasteiger partial charge on any atom is 0.269 e. The van der Waals surface area contributed by atoms with Crippen LogP contribution in [0.4, 0.5) is 5.69 Å². The summed E-state index contributed by atoms with van der Waals surface area (Å²) >= 11 is 0. The minimum atomic E-state index is -0.474. The molecule has 1 aromatic heterocycles. The number of aryl methyl sites for hydroxylation is 1. The third kappa shape index (κ3) is 3.16. The number of aromatic nitrogens is 2. The molecule has 0 radical (unpaired) electrons. The number of imidazole rings is 1. The molecule has 0 aliphatic carbocycles. The predicted octanol–water partition coefficient (Wildman–Crippen LogP) is -0.431. The van der Waals surface area contributed by atoms with Crippen molar-refractivity contribution >= 4 is 22.5 Å². The first-order valence-corrected chi connectivity index (χ1v) is 7.20. The number of carbonyl (C=O) groups is 1. The standard InChI is InChI=1S/C17H16N3O3.HI/c1-12-18(2)15-5-3-4-6-16(15)19(12)11-17(21)13-7-9-14(10-8-13)20(22)23;/h3-10H,11H2,1-2H3;1H/q+1;/p-1. The molecule has 3 rings (SSSR count). The third-order valence-electron chi connectivity index (χ3n) is 4.11. The van der Waals surface area contributed by atoms with Gasteiger partial charge in [0.25, 0.3) is 11.5 Å². The van der Waals surface area contributed by atoms with E-state index in [0.29, 0.717) is 5.56 Å². The molecule has 0 bridgehead atoms. The first kappa shape index (κ1) is 18.1. The van der Waals surface area contributed by atoms with Crippen molar-refractivity contribution in [3.8, 4) is 0 Å². The molecule has 0 aliphatic heterocycles. The van der Waals surface area contributed by atoms with E-state index in [1.807, 2.05) is 47.4 Å². The van der Waals surface area contributed by atoms with Gasteiger partial charge in [-0.2, -0.15) is 0 Å². The summed E-state index contributed by atoms with van der Waals surface area (Å²) in [5.74, 6) is 0.894. The smallest absolute Gasteiger partial charge is 0.269 e. The van der Waals surface area contributed by atoms with Crippen LogP contribution in [0.5, 0.6) is 0 Å². The van der Waals surface area contributed by atoms with E-state index in [2.05, 4.69) is 0 Å². The van der Waals surface area contributed by atoms with E-state index in [4.69, 9.17) is 0 Å². The number of non-ortho nitro benzene ring substituents is 1. The van der Waals surface area contributed by atoms with Crippen LogP contribution in [0.2, 0.25) is 0 Å². The lowest BCUT2D eigenvalue weighted by Crippen LogP contribution is -3.00. The Kier molecular flexibility index (Phi) is 5.33. The quantitative estimate of drug-likeness (QED) is 0.183. The van der Waals surface area contributed by atoms with Crippen LogP contribution < -0.4 is 28.5 Å². The number of nitro benzene ring substituents is 1. The van der Waals surface area contributed by atoms with Crippen molar-refractivity contribution in [1.29, 1.82) is 0 Å². The lowest BCUT2D eigenvalue weighted by molar-refractivity contribution is -0.652. The van der Waals surface area contributed by atoms with Crippen molar-refractivity contribution in [1.82, 2.24) is 4.57 Å². The van der Waals surface area contributed by atoms with Gasteiger partial charge in [0.1, 0.15) is 0 Å². The lowest BCUT2D eigenvalue weighted by atomic mass is 10.1. The zero-order chi connectivity index (χ0) is 16.6. The number of benzene rings is 2. The Balaban J connectivity index is 0.00000208. The summed E-state index contributed by atoms with van der Waals surface area (Å²) in [4.78, 5) is 22.7. The number of Topliss-reactive ketones (excluding diaryl/α,β-unsaturated/α-hetero) is 1. The molecule has 1 heterocycles. The Hall–Kier alpha value is -2.29. The molecule has 0 amide bonds. The lowest BCUT2D eigenvalue weighted by Gasteiger charge is -2.01. The van der Waals surface area contributed by atoms with Crippen LogP contribution in [0.1, 0.15) is 16.2 Å². The topological polar surface area (TPSA) is 69.0 Å². The van der Waals surface area contributed by atoms with E-state index in [-0.39, 0.29) is 42.0 Å². The minimum Gasteiger partial charge on any atom is -1.00 e. The highest BCUT2D eigenvalue weighted by atomic mass is 127. The summed E-state index contributed by atoms with van der Waals surface area (Å²) < 4.78 is 4.00. The van der Waals surface area contributed by atoms with Crippen molar-refractivity contribution in [3.05, 3.63) is 70.0 Å². The monoisotopic (exact) mass is 437 g/mol. The molecule has 2 aromatic carbocycles. The van der Waals surface area contributed by atoms with Crippen LogP contribution in [-0.4, -0.2) is 15.3 Å². The molecule has 24 heavy (non-hydrogen) atoms. The Morgan fingerprint density at radius 2 is 1.79 bits per heavy atom. The van der Waals surface area contributed by atoms with Gasteiger partial charge in [-0.3, -0.25) is 14.9 Å². The number of hydrogen-bond acceptors (Lipinski definition) is 3. The van der Waals surface area contributed by atoms with Crippen LogP contribution in [0, 0.1) is 17.0 Å². The number of ketones is 1. The second-order valence-corrected chi connectivity index (χ2v) is 5.41. The summed E-state index contributed by atoms with van der Waals surface area (Å²) in [6.07, 6.45) is 0. The number of para-hydroxylation sites is 2. The Labute approximate surface area is 155 Å². The van der Waals surface area contributed by atoms with Gasteiger partial charge in [0.15, 0.2) is 17.6 Å². The number of halogens is 1. The second-order valence-electron chi connectivity index (χ2n) is 5.41. The van der Waals surface area contributed by atoms with Crippen molar-refractivity contribution in [2.45, 2.75) is 13.5 Å². The van der Waals surface area contributed by atoms with Gasteiger partial charge >= 0.3 is 0 Å². The van der Waals surface area contributed by atoms with Crippen LogP contribution >= 0.6 is 0 Å². The van der Waals surface area contributed by atoms with E-state index in [0.717, 1.165) is 16.9 Å². The maximum absolute atomic E-state index is 12.5. The van der Waals surface area contributed by atoms with E-state index in [1.54, 1.807) is 0 Å². The van der Waals surface area contributed by atoms with Crippen LogP contribution in [0.15, 0.2) is 48.5 Å². The van der Waals surface area contributed by atoms with Crippen LogP contribution in [-0.2, 0) is 13.6 Å². The van der Waals surface area contributed by atoms with E-state index >= 15 is 0 Å². The first-order chi connectivity index (χ1) is 11.0. The molecular weight excluding hydrogens is 421 g/mol. The molecule has 0 saturated carbocycles. The molecule has 6 nitrogen and oxygen atoms in total. The van der Waals surface area contributed by atoms with Crippen molar-refractivity contribution < 1.29 is 38.3 Å². The fourth-order valence-corrected chi connectivity index (χ4v) is 2.71. The summed E-state index contributed by atoms with van der Waals surface area (Å²) in [7, 11) is 1.96. The third-order valence-corrected chi connectivity index (χ3v) is 4.11. The Morgan fingerprint density at radius 1 is 1.17 bits per heavy atom. The molecule has 3 aromatic rings. The highest BCUT2D eigenvalue weighted by Gasteiger charge is 2.21. The highest BCUT2D eigenvalue weighted by molar-refractivity contribution is 5.96. The van der Waals surface area contributed by atoms with Gasteiger partial charge in [0.2, 0.25) is 5.78 Å². The van der Waals surface area contributed by atoms with Crippen molar-refractivity contribution in [3.63, 3.8) is 0 Å². The van der Waals surface area contributed by atoms with E-state index in [9.17, 15) is 14.9 Å². The number of hydrogen-bond donors (Lipinski definition) is 0. The Morgan fingerprint density at radius 3 is 2.42 bits per heavy atom. The number of nitro groups is 1. The van der Waals surface area contributed by atoms with Gasteiger partial charge in [-0.25, -0.2) is 9.13 Å². The summed E-state index contributed by atoms with van der Waals surface area (Å²) in [6, 6.07) is 13.6. The molecule has 0 saturated heterocycles. The van der Waals surface area contributed by atoms with Gasteiger partial charge in [-0.1, -0.05) is 12.1 Å². The molecule has 0 aliphatic rings. The molecule has 0 N–H and O–H groups in total. The summed E-state index contributed by atoms with van der Waals surface area (Å²) in [5.41, 5.74) is 2.50. The maximum atomic E-state index is 12.5. The van der Waals surface area contributed by atoms with Crippen molar-refractivity contribution in [2.24, 2.45) is 7.05 Å². The minimum absolute atomic E-state index is 0. The zero-order valence-electron chi connectivity index (χ0n) is 13.3. The van der Waals surface area contributed by atoms with E-state index in [1.165, 1.54) is 24.3 Å². The molecule has 0 fully saturated rings. The molecular formula is C17H16IN3O3. The summed E-state index contributed by atoms with van der Waals surface area (Å²) in [6.45, 7) is 2.16. The average molecular weight is 437 g/mol. The Bertz CT molecular complexity index is 917. The molecule has 7 heteroatoms. The first-order valence-electron chi connectivity index (χ1n) is 7.20. The fourth-order valence-electron chi connectivity index (χ4n) is 2.71. The zero-order valence-corrected chi connectivity index (χ0v) is 15.4. The second kappa shape index (κ2) is 7.08. The predicted molar refractivity (Wildman–Crippen MR) is 85.3 cm³/mol. The SMILES string of the molecule is Cc1n(CC(=O)c2ccc([N+](=O)[O-])cc2)c2ccccc2[n+]1C.[I-]. The van der Waals surface area contributed by atoms with Crippen molar-refractivity contribution in [2.75, 3.05) is 0 Å². The highest BCUT2D eigenvalue weighted by Crippen LogP contribution is 2.16. The van der Waals surface area contributed by atoms with Gasteiger partial charge in [0, 0.05) is 24.6 Å². The average Bonchev–Trinajstić information content (AvgIpc) is 2.80. The molecule has 0 unspecified atom stereocenters. The fraction of sp³-hybridized carbons (Fsp3) is 0.176. The largest absolute Gasteiger partial charge is 1.00 e. The van der Waals surface area contributed by atoms with Crippen LogP contribution in [0.25, 0.3) is 11.0 Å². The van der Waals surface area contributed by atoms with Gasteiger partial charge < -0.3 is 24.0 Å². The number of rotatable bonds is 4. The van der Waals surface area contributed by atoms with Gasteiger partial charge in [-0.15, -0.1) is 0 Å². The number of fused-ring (bicyclic) bond motifs is 1. The summed E-state index contributed by atoms with van der Waals surface area (Å²) in [5, 5.41) is 10.7. The van der Waals surface area contributed by atoms with Crippen LogP contribution in [0.3, 0.4) is 0 Å². The normalized spacial score (nSPS) is 10.4.